The molecule has 130 valence electrons. The Morgan fingerprint density at radius 2 is 2.00 bits per heavy atom. The van der Waals surface area contributed by atoms with Gasteiger partial charge in [0.2, 0.25) is 0 Å². The molecule has 1 saturated carbocycles. The maximum absolute atomic E-state index is 13.0. The van der Waals surface area contributed by atoms with E-state index in [-0.39, 0.29) is 11.8 Å². The van der Waals surface area contributed by atoms with Crippen LogP contribution >= 0.6 is 0 Å². The first-order valence-corrected chi connectivity index (χ1v) is 9.27. The Labute approximate surface area is 147 Å². The van der Waals surface area contributed by atoms with Crippen molar-refractivity contribution in [1.82, 2.24) is 4.98 Å². The summed E-state index contributed by atoms with van der Waals surface area (Å²) in [6, 6.07) is 7.73. The maximum atomic E-state index is 13.0. The molecule has 0 bridgehead atoms. The van der Waals surface area contributed by atoms with E-state index in [0.29, 0.717) is 24.3 Å². The van der Waals surface area contributed by atoms with Crippen LogP contribution in [-0.4, -0.2) is 22.8 Å². The van der Waals surface area contributed by atoms with Gasteiger partial charge in [0, 0.05) is 17.5 Å². The highest BCUT2D eigenvalue weighted by atomic mass is 16.5. The Morgan fingerprint density at radius 3 is 2.84 bits per heavy atom. The van der Waals surface area contributed by atoms with Gasteiger partial charge in [-0.3, -0.25) is 9.78 Å². The van der Waals surface area contributed by atoms with E-state index < -0.39 is 6.10 Å². The Balaban J connectivity index is 1.77. The van der Waals surface area contributed by atoms with Crippen molar-refractivity contribution >= 4 is 22.7 Å². The number of nitrogens with zero attached hydrogens (tertiary/aromatic N) is 1. The molecule has 2 atom stereocenters. The topological polar surface area (TPSA) is 56.3 Å². The van der Waals surface area contributed by atoms with Crippen LogP contribution in [0.25, 0.3) is 10.9 Å². The molecule has 1 fully saturated rings. The summed E-state index contributed by atoms with van der Waals surface area (Å²) in [5.74, 6) is 0.225. The van der Waals surface area contributed by atoms with Crippen LogP contribution in [0, 0.1) is 5.92 Å². The van der Waals surface area contributed by atoms with Crippen LogP contribution in [0.3, 0.4) is 0 Å². The number of fused-ring (bicyclic) bond motifs is 2. The molecule has 2 unspecified atom stereocenters. The highest BCUT2D eigenvalue weighted by Crippen LogP contribution is 2.32. The number of hydrogen-bond donors (Lipinski definition) is 0. The van der Waals surface area contributed by atoms with Crippen molar-refractivity contribution in [2.75, 3.05) is 0 Å². The van der Waals surface area contributed by atoms with Gasteiger partial charge >= 0.3 is 5.97 Å². The Hall–Kier alpha value is -2.23. The van der Waals surface area contributed by atoms with E-state index in [1.165, 1.54) is 0 Å². The average Bonchev–Trinajstić information content (AvgIpc) is 2.61. The SMILES string of the molecule is CC1CCc2nc3ccccc3c(C(=O)OC3CCCCC3=O)c2C1. The minimum Gasteiger partial charge on any atom is -0.451 e. The molecular formula is C21H23NO3. The van der Waals surface area contributed by atoms with Crippen molar-refractivity contribution in [3.05, 3.63) is 41.1 Å². The first-order valence-electron chi connectivity index (χ1n) is 9.27. The molecule has 0 N–H and O–H groups in total. The zero-order chi connectivity index (χ0) is 17.4. The maximum Gasteiger partial charge on any atom is 0.339 e. The van der Waals surface area contributed by atoms with Crippen molar-refractivity contribution in [3.63, 3.8) is 0 Å². The van der Waals surface area contributed by atoms with Gasteiger partial charge in [-0.1, -0.05) is 25.1 Å². The molecule has 2 aliphatic rings. The van der Waals surface area contributed by atoms with Crippen molar-refractivity contribution < 1.29 is 14.3 Å². The molecular weight excluding hydrogens is 314 g/mol. The molecule has 4 heteroatoms. The third-order valence-corrected chi connectivity index (χ3v) is 5.46. The molecule has 2 aromatic rings. The molecule has 2 aliphatic carbocycles. The van der Waals surface area contributed by atoms with E-state index in [1.807, 2.05) is 24.3 Å². The predicted octanol–water partition coefficient (Wildman–Crippen LogP) is 4.03. The van der Waals surface area contributed by atoms with Crippen LogP contribution in [0.15, 0.2) is 24.3 Å². The third-order valence-electron chi connectivity index (χ3n) is 5.46. The second kappa shape index (κ2) is 6.58. The summed E-state index contributed by atoms with van der Waals surface area (Å²) < 4.78 is 5.68. The highest BCUT2D eigenvalue weighted by Gasteiger charge is 2.30. The molecule has 1 heterocycles. The molecule has 0 radical (unpaired) electrons. The molecule has 1 aromatic carbocycles. The lowest BCUT2D eigenvalue weighted by Crippen LogP contribution is -2.31. The molecule has 4 nitrogen and oxygen atoms in total. The fraction of sp³-hybridized carbons (Fsp3) is 0.476. The summed E-state index contributed by atoms with van der Waals surface area (Å²) in [4.78, 5) is 29.9. The number of ketones is 1. The molecule has 0 saturated heterocycles. The van der Waals surface area contributed by atoms with E-state index >= 15 is 0 Å². The predicted molar refractivity (Wildman–Crippen MR) is 95.6 cm³/mol. The molecule has 0 amide bonds. The summed E-state index contributed by atoms with van der Waals surface area (Å²) >= 11 is 0. The Bertz CT molecular complexity index is 842. The van der Waals surface area contributed by atoms with Crippen LogP contribution in [0.4, 0.5) is 0 Å². The number of esters is 1. The lowest BCUT2D eigenvalue weighted by molar-refractivity contribution is -0.129. The molecule has 4 rings (SSSR count). The zero-order valence-corrected chi connectivity index (χ0v) is 14.6. The van der Waals surface area contributed by atoms with Crippen molar-refractivity contribution in [2.24, 2.45) is 5.92 Å². The minimum absolute atomic E-state index is 0.0557. The van der Waals surface area contributed by atoms with Gasteiger partial charge in [0.25, 0.3) is 0 Å². The van der Waals surface area contributed by atoms with Crippen molar-refractivity contribution in [2.45, 2.75) is 58.0 Å². The van der Waals surface area contributed by atoms with Crippen LogP contribution < -0.4 is 0 Å². The van der Waals surface area contributed by atoms with Gasteiger partial charge in [-0.2, -0.15) is 0 Å². The average molecular weight is 337 g/mol. The van der Waals surface area contributed by atoms with E-state index in [9.17, 15) is 9.59 Å². The minimum atomic E-state index is -0.579. The number of pyridine rings is 1. The van der Waals surface area contributed by atoms with Gasteiger partial charge in [-0.25, -0.2) is 4.79 Å². The number of Topliss-reactive ketones (excluding diaryl/α,β-unsaturated/α-hetero) is 1. The summed E-state index contributed by atoms with van der Waals surface area (Å²) in [5.41, 5.74) is 3.49. The lowest BCUT2D eigenvalue weighted by atomic mass is 9.84. The highest BCUT2D eigenvalue weighted by molar-refractivity contribution is 6.06. The second-order valence-electron chi connectivity index (χ2n) is 7.38. The fourth-order valence-corrected chi connectivity index (χ4v) is 4.06. The monoisotopic (exact) mass is 337 g/mol. The first kappa shape index (κ1) is 16.2. The van der Waals surface area contributed by atoms with E-state index in [0.717, 1.165) is 54.3 Å². The summed E-state index contributed by atoms with van der Waals surface area (Å²) in [6.07, 6.45) is 5.25. The number of aromatic nitrogens is 1. The standard InChI is InChI=1S/C21H23NO3/c1-13-10-11-17-15(12-13)20(14-6-2-3-7-16(14)22-17)21(24)25-19-9-5-4-8-18(19)23/h2-3,6-7,13,19H,4-5,8-12H2,1H3. The third kappa shape index (κ3) is 3.06. The fourth-order valence-electron chi connectivity index (χ4n) is 4.06. The van der Waals surface area contributed by atoms with Gasteiger partial charge in [-0.15, -0.1) is 0 Å². The smallest absolute Gasteiger partial charge is 0.339 e. The summed E-state index contributed by atoms with van der Waals surface area (Å²) in [5, 5.41) is 0.837. The van der Waals surface area contributed by atoms with Gasteiger partial charge in [0.1, 0.15) is 0 Å². The normalized spacial score (nSPS) is 23.3. The van der Waals surface area contributed by atoms with Crippen molar-refractivity contribution in [3.8, 4) is 0 Å². The second-order valence-corrected chi connectivity index (χ2v) is 7.38. The van der Waals surface area contributed by atoms with Crippen molar-refractivity contribution in [1.29, 1.82) is 0 Å². The number of hydrogen-bond acceptors (Lipinski definition) is 4. The number of aryl methyl sites for hydroxylation is 1. The van der Waals surface area contributed by atoms with Crippen LogP contribution in [0.2, 0.25) is 0 Å². The Kier molecular flexibility index (Phi) is 4.28. The van der Waals surface area contributed by atoms with Gasteiger partial charge in [0.15, 0.2) is 11.9 Å². The number of carbonyl (C=O) groups is 2. The van der Waals surface area contributed by atoms with Crippen LogP contribution in [-0.2, 0) is 22.4 Å². The molecule has 0 aliphatic heterocycles. The molecule has 0 spiro atoms. The van der Waals surface area contributed by atoms with Gasteiger partial charge < -0.3 is 4.74 Å². The van der Waals surface area contributed by atoms with Gasteiger partial charge in [0.05, 0.1) is 11.1 Å². The summed E-state index contributed by atoms with van der Waals surface area (Å²) in [7, 11) is 0. The van der Waals surface area contributed by atoms with Gasteiger partial charge in [-0.05, 0) is 56.1 Å². The van der Waals surface area contributed by atoms with E-state index in [4.69, 9.17) is 9.72 Å². The Morgan fingerprint density at radius 1 is 1.16 bits per heavy atom. The number of rotatable bonds is 2. The van der Waals surface area contributed by atoms with Crippen LogP contribution in [0.1, 0.15) is 60.6 Å². The van der Waals surface area contributed by atoms with Crippen LogP contribution in [0.5, 0.6) is 0 Å². The first-order chi connectivity index (χ1) is 12.1. The lowest BCUT2D eigenvalue weighted by Gasteiger charge is -2.26. The summed E-state index contributed by atoms with van der Waals surface area (Å²) in [6.45, 7) is 2.21. The number of ether oxygens (including phenoxy) is 1. The number of carbonyl (C=O) groups excluding carboxylic acids is 2. The quantitative estimate of drug-likeness (QED) is 0.777. The van der Waals surface area contributed by atoms with E-state index in [1.54, 1.807) is 0 Å². The molecule has 1 aromatic heterocycles. The zero-order valence-electron chi connectivity index (χ0n) is 14.6. The number of benzene rings is 1. The largest absolute Gasteiger partial charge is 0.451 e. The number of para-hydroxylation sites is 1. The van der Waals surface area contributed by atoms with E-state index in [2.05, 4.69) is 6.92 Å². The molecule has 25 heavy (non-hydrogen) atoms.